The minimum absolute atomic E-state index is 0.142. The highest BCUT2D eigenvalue weighted by atomic mass is 32.1. The minimum Gasteiger partial charge on any atom is -0.305 e. The fraction of sp³-hybridized carbons (Fsp3) is 0. The van der Waals surface area contributed by atoms with Gasteiger partial charge in [-0.15, -0.1) is 11.3 Å². The van der Waals surface area contributed by atoms with Crippen LogP contribution in [0.1, 0.15) is 0 Å². The van der Waals surface area contributed by atoms with Gasteiger partial charge in [0.15, 0.2) is 10.8 Å². The molecule has 5 nitrogen and oxygen atoms in total. The zero-order valence-corrected chi connectivity index (χ0v) is 10.5. The second-order valence-corrected chi connectivity index (χ2v) is 5.02. The number of aromatic nitrogens is 4. The van der Waals surface area contributed by atoms with E-state index in [9.17, 15) is 4.79 Å². The van der Waals surface area contributed by atoms with Crippen molar-refractivity contribution >= 4 is 27.2 Å². The Bertz CT molecular complexity index is 921. The van der Waals surface area contributed by atoms with Gasteiger partial charge in [-0.05, 0) is 12.1 Å². The number of hydrogen-bond acceptors (Lipinski definition) is 4. The maximum absolute atomic E-state index is 12.0. The predicted octanol–water partition coefficient (Wildman–Crippen LogP) is 2.30. The van der Waals surface area contributed by atoms with Crippen LogP contribution in [0.25, 0.3) is 27.4 Å². The van der Waals surface area contributed by atoms with Crippen LogP contribution in [0.3, 0.4) is 0 Å². The average molecular weight is 268 g/mol. The van der Waals surface area contributed by atoms with Crippen LogP contribution in [0.4, 0.5) is 0 Å². The summed E-state index contributed by atoms with van der Waals surface area (Å²) in [5, 5.41) is 2.55. The second-order valence-electron chi connectivity index (χ2n) is 4.15. The molecule has 19 heavy (non-hydrogen) atoms. The smallest absolute Gasteiger partial charge is 0.259 e. The third kappa shape index (κ3) is 1.57. The number of fused-ring (bicyclic) bond motifs is 2. The van der Waals surface area contributed by atoms with E-state index in [1.165, 1.54) is 0 Å². The molecular weight excluding hydrogens is 260 g/mol. The Hall–Kier alpha value is -2.47. The molecule has 0 saturated heterocycles. The van der Waals surface area contributed by atoms with Gasteiger partial charge in [0.05, 0.1) is 10.9 Å². The van der Waals surface area contributed by atoms with Gasteiger partial charge in [-0.1, -0.05) is 12.1 Å². The standard InChI is InChI=1S/C13H8N4OS/c18-12-8-3-1-2-4-9(8)14-11(16-12)10-7-17-5-6-19-13(17)15-10/h1-7H,(H,14,16,18). The third-order valence-corrected chi connectivity index (χ3v) is 3.72. The van der Waals surface area contributed by atoms with E-state index in [1.807, 2.05) is 40.4 Å². The Labute approximate surface area is 111 Å². The highest BCUT2D eigenvalue weighted by Crippen LogP contribution is 2.18. The van der Waals surface area contributed by atoms with Crippen LogP contribution < -0.4 is 5.56 Å². The van der Waals surface area contributed by atoms with Crippen molar-refractivity contribution < 1.29 is 0 Å². The SMILES string of the molecule is O=c1[nH]c(-c2cn3ccsc3n2)nc2ccccc12. The fourth-order valence-electron chi connectivity index (χ4n) is 2.05. The van der Waals surface area contributed by atoms with Crippen molar-refractivity contribution in [1.29, 1.82) is 0 Å². The number of para-hydroxylation sites is 1. The average Bonchev–Trinajstić information content (AvgIpc) is 2.99. The molecule has 3 heterocycles. The fourth-order valence-corrected chi connectivity index (χ4v) is 2.75. The van der Waals surface area contributed by atoms with Crippen LogP contribution in [-0.4, -0.2) is 19.4 Å². The van der Waals surface area contributed by atoms with Crippen LogP contribution in [0.2, 0.25) is 0 Å². The lowest BCUT2D eigenvalue weighted by atomic mass is 10.2. The molecule has 0 atom stereocenters. The summed E-state index contributed by atoms with van der Waals surface area (Å²) in [6.45, 7) is 0. The second kappa shape index (κ2) is 3.76. The Morgan fingerprint density at radius 1 is 1.21 bits per heavy atom. The zero-order valence-electron chi connectivity index (χ0n) is 9.70. The number of imidazole rings is 1. The Balaban J connectivity index is 2.00. The molecule has 0 radical (unpaired) electrons. The number of nitrogens with zero attached hydrogens (tertiary/aromatic N) is 3. The predicted molar refractivity (Wildman–Crippen MR) is 74.4 cm³/mol. The molecule has 1 N–H and O–H groups in total. The highest BCUT2D eigenvalue weighted by Gasteiger charge is 2.09. The van der Waals surface area contributed by atoms with Gasteiger partial charge in [0.2, 0.25) is 0 Å². The molecule has 0 aliphatic heterocycles. The van der Waals surface area contributed by atoms with E-state index >= 15 is 0 Å². The molecule has 6 heteroatoms. The van der Waals surface area contributed by atoms with E-state index < -0.39 is 0 Å². The number of aromatic amines is 1. The van der Waals surface area contributed by atoms with Gasteiger partial charge >= 0.3 is 0 Å². The number of nitrogens with one attached hydrogen (secondary N) is 1. The lowest BCUT2D eigenvalue weighted by molar-refractivity contribution is 1.16. The topological polar surface area (TPSA) is 63.0 Å². The van der Waals surface area contributed by atoms with Crippen molar-refractivity contribution in [3.63, 3.8) is 0 Å². The van der Waals surface area contributed by atoms with Gasteiger partial charge in [-0.3, -0.25) is 9.20 Å². The number of H-pyrrole nitrogens is 1. The Morgan fingerprint density at radius 3 is 3.00 bits per heavy atom. The molecule has 4 aromatic rings. The van der Waals surface area contributed by atoms with Crippen LogP contribution in [0, 0.1) is 0 Å². The third-order valence-electron chi connectivity index (χ3n) is 2.95. The van der Waals surface area contributed by atoms with E-state index in [0.717, 1.165) is 4.96 Å². The van der Waals surface area contributed by atoms with Crippen LogP contribution >= 0.6 is 11.3 Å². The van der Waals surface area contributed by atoms with E-state index in [4.69, 9.17) is 0 Å². The lowest BCUT2D eigenvalue weighted by Crippen LogP contribution is -2.09. The Kier molecular flexibility index (Phi) is 2.07. The van der Waals surface area contributed by atoms with Gasteiger partial charge in [0, 0.05) is 17.8 Å². The molecule has 0 aliphatic rings. The van der Waals surface area contributed by atoms with Crippen molar-refractivity contribution in [2.75, 3.05) is 0 Å². The first-order valence-corrected chi connectivity index (χ1v) is 6.61. The summed E-state index contributed by atoms with van der Waals surface area (Å²) in [6.07, 6.45) is 3.79. The van der Waals surface area contributed by atoms with Gasteiger partial charge in [-0.25, -0.2) is 9.97 Å². The van der Waals surface area contributed by atoms with E-state index in [1.54, 1.807) is 17.4 Å². The van der Waals surface area contributed by atoms with E-state index in [0.29, 0.717) is 22.4 Å². The van der Waals surface area contributed by atoms with Crippen LogP contribution in [0.15, 0.2) is 46.8 Å². The molecule has 0 spiro atoms. The first-order chi connectivity index (χ1) is 9.31. The number of hydrogen-bond donors (Lipinski definition) is 1. The summed E-state index contributed by atoms with van der Waals surface area (Å²) in [7, 11) is 0. The monoisotopic (exact) mass is 268 g/mol. The van der Waals surface area contributed by atoms with Crippen molar-refractivity contribution in [2.45, 2.75) is 0 Å². The quantitative estimate of drug-likeness (QED) is 0.576. The largest absolute Gasteiger partial charge is 0.305 e. The first-order valence-electron chi connectivity index (χ1n) is 5.73. The first kappa shape index (κ1) is 10.5. The zero-order chi connectivity index (χ0) is 12.8. The summed E-state index contributed by atoms with van der Waals surface area (Å²) < 4.78 is 1.91. The van der Waals surface area contributed by atoms with E-state index in [2.05, 4.69) is 15.0 Å². The van der Waals surface area contributed by atoms with Gasteiger partial charge in [0.1, 0.15) is 5.69 Å². The van der Waals surface area contributed by atoms with Crippen molar-refractivity contribution in [2.24, 2.45) is 0 Å². The molecule has 0 saturated carbocycles. The number of benzene rings is 1. The summed E-state index contributed by atoms with van der Waals surface area (Å²) in [5.41, 5.74) is 1.21. The number of thiazole rings is 1. The molecule has 0 unspecified atom stereocenters. The molecule has 4 rings (SSSR count). The molecule has 0 aliphatic carbocycles. The molecule has 0 bridgehead atoms. The highest BCUT2D eigenvalue weighted by molar-refractivity contribution is 7.15. The normalized spacial score (nSPS) is 11.4. The summed E-state index contributed by atoms with van der Waals surface area (Å²) in [4.78, 5) is 24.6. The number of rotatable bonds is 1. The van der Waals surface area contributed by atoms with Crippen molar-refractivity contribution in [3.8, 4) is 11.5 Å². The lowest BCUT2D eigenvalue weighted by Gasteiger charge is -1.99. The molecule has 3 aromatic heterocycles. The molecule has 0 amide bonds. The van der Waals surface area contributed by atoms with Gasteiger partial charge in [-0.2, -0.15) is 0 Å². The summed E-state index contributed by atoms with van der Waals surface area (Å²) in [5.74, 6) is 0.500. The molecule has 0 fully saturated rings. The van der Waals surface area contributed by atoms with E-state index in [-0.39, 0.29) is 5.56 Å². The van der Waals surface area contributed by atoms with Crippen LogP contribution in [-0.2, 0) is 0 Å². The summed E-state index contributed by atoms with van der Waals surface area (Å²) in [6, 6.07) is 7.28. The van der Waals surface area contributed by atoms with Crippen molar-refractivity contribution in [3.05, 3.63) is 52.4 Å². The summed E-state index contributed by atoms with van der Waals surface area (Å²) >= 11 is 1.54. The van der Waals surface area contributed by atoms with Crippen molar-refractivity contribution in [1.82, 2.24) is 19.4 Å². The molecule has 1 aromatic carbocycles. The minimum atomic E-state index is -0.142. The van der Waals surface area contributed by atoms with Gasteiger partial charge in [0.25, 0.3) is 5.56 Å². The maximum atomic E-state index is 12.0. The molecular formula is C13H8N4OS. The Morgan fingerprint density at radius 2 is 2.11 bits per heavy atom. The molecule has 92 valence electrons. The van der Waals surface area contributed by atoms with Gasteiger partial charge < -0.3 is 4.98 Å². The van der Waals surface area contributed by atoms with Crippen LogP contribution in [0.5, 0.6) is 0 Å². The maximum Gasteiger partial charge on any atom is 0.259 e.